The Morgan fingerprint density at radius 1 is 1.33 bits per heavy atom. The SMILES string of the molecule is Cc1cc(C2CCCN2C(=O)OCc2ccccc2)nc(N)n1.[Na]. The Labute approximate surface area is 163 Å². The molecule has 0 spiro atoms. The Morgan fingerprint density at radius 3 is 2.79 bits per heavy atom. The topological polar surface area (TPSA) is 81.3 Å². The number of anilines is 1. The largest absolute Gasteiger partial charge is 0.445 e. The second-order valence-electron chi connectivity index (χ2n) is 5.68. The molecule has 3 rings (SSSR count). The Kier molecular flexibility index (Phi) is 6.60. The van der Waals surface area contributed by atoms with Crippen molar-refractivity contribution in [2.45, 2.75) is 32.4 Å². The van der Waals surface area contributed by atoms with Crippen molar-refractivity contribution in [1.82, 2.24) is 14.9 Å². The standard InChI is InChI=1S/C17H20N4O2.Na/c1-12-10-14(20-16(18)19-12)15-8-5-9-21(15)17(22)23-11-13-6-3-2-4-7-13;/h2-4,6-7,10,15H,5,8-9,11H2,1H3,(H2,18,19,20);. The molecule has 1 aliphatic rings. The van der Waals surface area contributed by atoms with Crippen LogP contribution in [0.5, 0.6) is 0 Å². The number of nitrogen functional groups attached to an aromatic ring is 1. The molecule has 1 saturated heterocycles. The molecule has 1 unspecified atom stereocenters. The number of ether oxygens (including phenoxy) is 1. The molecule has 0 saturated carbocycles. The molecule has 1 atom stereocenters. The summed E-state index contributed by atoms with van der Waals surface area (Å²) >= 11 is 0. The van der Waals surface area contributed by atoms with E-state index in [-0.39, 0.29) is 54.2 Å². The van der Waals surface area contributed by atoms with Gasteiger partial charge in [-0.05, 0) is 31.4 Å². The Bertz CT molecular complexity index is 676. The number of nitrogens with zero attached hydrogens (tertiary/aromatic N) is 3. The third kappa shape index (κ3) is 4.47. The number of amides is 1. The van der Waals surface area contributed by atoms with Crippen LogP contribution in [0.4, 0.5) is 10.7 Å². The van der Waals surface area contributed by atoms with Crippen molar-refractivity contribution in [1.29, 1.82) is 0 Å². The van der Waals surface area contributed by atoms with Gasteiger partial charge in [0.05, 0.1) is 11.7 Å². The van der Waals surface area contributed by atoms with Crippen molar-refractivity contribution < 1.29 is 9.53 Å². The normalized spacial score (nSPS) is 16.5. The van der Waals surface area contributed by atoms with Crippen LogP contribution in [0.25, 0.3) is 0 Å². The number of benzene rings is 1. The van der Waals surface area contributed by atoms with Crippen molar-refractivity contribution >= 4 is 41.6 Å². The van der Waals surface area contributed by atoms with Crippen LogP contribution in [0.2, 0.25) is 0 Å². The van der Waals surface area contributed by atoms with Crippen LogP contribution in [-0.4, -0.2) is 57.1 Å². The minimum absolute atomic E-state index is 0. The third-order valence-corrected chi connectivity index (χ3v) is 3.93. The number of aromatic nitrogens is 2. The van der Waals surface area contributed by atoms with Gasteiger partial charge in [-0.2, -0.15) is 0 Å². The monoisotopic (exact) mass is 335 g/mol. The summed E-state index contributed by atoms with van der Waals surface area (Å²) in [6.07, 6.45) is 1.47. The van der Waals surface area contributed by atoms with Crippen LogP contribution in [0.1, 0.15) is 35.8 Å². The maximum atomic E-state index is 12.4. The molecule has 1 amide bonds. The van der Waals surface area contributed by atoms with E-state index in [2.05, 4.69) is 9.97 Å². The predicted molar refractivity (Wildman–Crippen MR) is 92.2 cm³/mol. The molecule has 7 heteroatoms. The van der Waals surface area contributed by atoms with E-state index in [1.807, 2.05) is 43.3 Å². The summed E-state index contributed by atoms with van der Waals surface area (Å²) in [7, 11) is 0. The molecule has 1 aromatic carbocycles. The van der Waals surface area contributed by atoms with E-state index >= 15 is 0 Å². The van der Waals surface area contributed by atoms with Gasteiger partial charge in [0.1, 0.15) is 6.61 Å². The minimum atomic E-state index is -0.314. The Hall–Kier alpha value is -1.63. The van der Waals surface area contributed by atoms with E-state index < -0.39 is 0 Å². The molecular formula is C17H20N4NaO2. The van der Waals surface area contributed by atoms with Gasteiger partial charge in [0.15, 0.2) is 0 Å². The van der Waals surface area contributed by atoms with E-state index in [1.165, 1.54) is 0 Å². The molecule has 1 radical (unpaired) electrons. The van der Waals surface area contributed by atoms with Gasteiger partial charge in [-0.15, -0.1) is 0 Å². The number of rotatable bonds is 3. The van der Waals surface area contributed by atoms with Crippen molar-refractivity contribution in [3.8, 4) is 0 Å². The van der Waals surface area contributed by atoms with Gasteiger partial charge in [-0.3, -0.25) is 4.90 Å². The zero-order valence-electron chi connectivity index (χ0n) is 14.1. The number of hydrogen-bond acceptors (Lipinski definition) is 5. The van der Waals surface area contributed by atoms with Crippen LogP contribution >= 0.6 is 0 Å². The summed E-state index contributed by atoms with van der Waals surface area (Å²) < 4.78 is 5.44. The van der Waals surface area contributed by atoms with Crippen molar-refractivity contribution in [2.75, 3.05) is 12.3 Å². The van der Waals surface area contributed by atoms with Gasteiger partial charge >= 0.3 is 6.09 Å². The van der Waals surface area contributed by atoms with Crippen LogP contribution in [0.3, 0.4) is 0 Å². The van der Waals surface area contributed by atoms with E-state index in [9.17, 15) is 4.79 Å². The van der Waals surface area contributed by atoms with Gasteiger partial charge in [0.25, 0.3) is 0 Å². The smallest absolute Gasteiger partial charge is 0.410 e. The summed E-state index contributed by atoms with van der Waals surface area (Å²) in [5.41, 5.74) is 8.28. The number of carbonyl (C=O) groups is 1. The Morgan fingerprint density at radius 2 is 2.08 bits per heavy atom. The first-order chi connectivity index (χ1) is 11.1. The van der Waals surface area contributed by atoms with Gasteiger partial charge in [0.2, 0.25) is 5.95 Å². The summed E-state index contributed by atoms with van der Waals surface area (Å²) in [6.45, 7) is 2.81. The fourth-order valence-electron chi connectivity index (χ4n) is 2.88. The zero-order chi connectivity index (χ0) is 16.2. The number of hydrogen-bond donors (Lipinski definition) is 1. The molecule has 2 N–H and O–H groups in total. The van der Waals surface area contributed by atoms with E-state index in [4.69, 9.17) is 10.5 Å². The molecule has 24 heavy (non-hydrogen) atoms. The van der Waals surface area contributed by atoms with E-state index in [0.29, 0.717) is 6.54 Å². The molecule has 1 aliphatic heterocycles. The second kappa shape index (κ2) is 8.46. The van der Waals surface area contributed by atoms with Crippen LogP contribution in [-0.2, 0) is 11.3 Å². The molecule has 6 nitrogen and oxygen atoms in total. The first-order valence-electron chi connectivity index (χ1n) is 7.72. The van der Waals surface area contributed by atoms with Gasteiger partial charge < -0.3 is 10.5 Å². The molecule has 0 bridgehead atoms. The summed E-state index contributed by atoms with van der Waals surface area (Å²) in [5.74, 6) is 0.240. The van der Waals surface area contributed by atoms with Crippen molar-refractivity contribution in [2.24, 2.45) is 0 Å². The number of carbonyl (C=O) groups excluding carboxylic acids is 1. The molecule has 1 aromatic heterocycles. The molecule has 1 fully saturated rings. The second-order valence-corrected chi connectivity index (χ2v) is 5.68. The maximum Gasteiger partial charge on any atom is 0.410 e. The van der Waals surface area contributed by atoms with Crippen LogP contribution in [0.15, 0.2) is 36.4 Å². The van der Waals surface area contributed by atoms with Gasteiger partial charge in [-0.25, -0.2) is 14.8 Å². The maximum absolute atomic E-state index is 12.4. The average molecular weight is 335 g/mol. The average Bonchev–Trinajstić information content (AvgIpc) is 3.02. The molecule has 2 heterocycles. The molecule has 0 aliphatic carbocycles. The van der Waals surface area contributed by atoms with Gasteiger partial charge in [0, 0.05) is 41.8 Å². The van der Waals surface area contributed by atoms with Gasteiger partial charge in [-0.1, -0.05) is 30.3 Å². The van der Waals surface area contributed by atoms with Crippen molar-refractivity contribution in [3.63, 3.8) is 0 Å². The van der Waals surface area contributed by atoms with Crippen molar-refractivity contribution in [3.05, 3.63) is 53.3 Å². The predicted octanol–water partition coefficient (Wildman–Crippen LogP) is 2.46. The molecular weight excluding hydrogens is 315 g/mol. The van der Waals surface area contributed by atoms with Crippen LogP contribution < -0.4 is 5.73 Å². The Balaban J connectivity index is 0.00000208. The first-order valence-corrected chi connectivity index (χ1v) is 7.72. The number of aryl methyl sites for hydroxylation is 1. The fourth-order valence-corrected chi connectivity index (χ4v) is 2.88. The van der Waals surface area contributed by atoms with E-state index in [0.717, 1.165) is 29.8 Å². The third-order valence-electron chi connectivity index (χ3n) is 3.93. The van der Waals surface area contributed by atoms with Crippen LogP contribution in [0, 0.1) is 6.92 Å². The summed E-state index contributed by atoms with van der Waals surface area (Å²) in [5, 5.41) is 0. The van der Waals surface area contributed by atoms with E-state index in [1.54, 1.807) is 4.90 Å². The first kappa shape index (κ1) is 18.7. The number of nitrogens with two attached hydrogens (primary N) is 1. The quantitative estimate of drug-likeness (QED) is 0.872. The summed E-state index contributed by atoms with van der Waals surface area (Å²) in [6, 6.07) is 11.4. The minimum Gasteiger partial charge on any atom is -0.445 e. The zero-order valence-corrected chi connectivity index (χ0v) is 16.1. The molecule has 2 aromatic rings. The fraction of sp³-hybridized carbons (Fsp3) is 0.353. The molecule has 121 valence electrons. The number of likely N-dealkylation sites (tertiary alicyclic amines) is 1. The summed E-state index contributed by atoms with van der Waals surface area (Å²) in [4.78, 5) is 22.5.